The molecule has 218 valence electrons. The molecule has 12 heteroatoms. The minimum atomic E-state index is -1.38. The number of esters is 1. The van der Waals surface area contributed by atoms with Gasteiger partial charge in [-0.1, -0.05) is 44.2 Å². The Morgan fingerprint density at radius 2 is 1.51 bits per heavy atom. The highest BCUT2D eigenvalue weighted by Crippen LogP contribution is 2.11. The van der Waals surface area contributed by atoms with Crippen molar-refractivity contribution < 1.29 is 33.4 Å². The molecule has 0 radical (unpaired) electrons. The van der Waals surface area contributed by atoms with E-state index in [1.54, 1.807) is 45.0 Å². The summed E-state index contributed by atoms with van der Waals surface area (Å²) in [4.78, 5) is 63.2. The van der Waals surface area contributed by atoms with Gasteiger partial charge in [0.2, 0.25) is 17.7 Å². The molecule has 0 aromatic heterocycles. The van der Waals surface area contributed by atoms with Crippen molar-refractivity contribution in [1.29, 1.82) is 0 Å². The van der Waals surface area contributed by atoms with Crippen LogP contribution in [0, 0.1) is 5.92 Å². The van der Waals surface area contributed by atoms with Gasteiger partial charge in [-0.15, -0.1) is 0 Å². The van der Waals surface area contributed by atoms with Gasteiger partial charge in [0.1, 0.15) is 30.3 Å². The number of primary amides is 1. The molecule has 0 aliphatic rings. The Morgan fingerprint density at radius 1 is 0.923 bits per heavy atom. The zero-order valence-electron chi connectivity index (χ0n) is 23.6. The minimum absolute atomic E-state index is 0.00706. The first kappa shape index (κ1) is 33.7. The lowest BCUT2D eigenvalue weighted by atomic mass is 10.0. The molecule has 11 nitrogen and oxygen atoms in total. The Hall–Kier alpha value is -3.28. The lowest BCUT2D eigenvalue weighted by molar-refractivity contribution is -0.147. The molecular formula is C27H42N4O7S. The number of amides is 4. The Bertz CT molecular complexity index is 967. The maximum Gasteiger partial charge on any atom is 0.408 e. The Morgan fingerprint density at radius 3 is 2.05 bits per heavy atom. The second-order valence-electron chi connectivity index (χ2n) is 10.5. The predicted molar refractivity (Wildman–Crippen MR) is 150 cm³/mol. The number of carbonyl (C=O) groups is 5. The summed E-state index contributed by atoms with van der Waals surface area (Å²) >= 11 is 1.50. The van der Waals surface area contributed by atoms with E-state index in [1.807, 2.05) is 26.2 Å². The number of hydrogen-bond donors (Lipinski definition) is 4. The highest BCUT2D eigenvalue weighted by Gasteiger charge is 2.32. The molecule has 5 N–H and O–H groups in total. The molecule has 1 rings (SSSR count). The summed E-state index contributed by atoms with van der Waals surface area (Å²) in [5.74, 6) is -2.19. The zero-order valence-corrected chi connectivity index (χ0v) is 24.4. The van der Waals surface area contributed by atoms with Crippen molar-refractivity contribution >= 4 is 41.5 Å². The van der Waals surface area contributed by atoms with E-state index in [1.165, 1.54) is 11.8 Å². The second-order valence-corrected chi connectivity index (χ2v) is 11.5. The first-order valence-corrected chi connectivity index (χ1v) is 14.2. The van der Waals surface area contributed by atoms with Gasteiger partial charge in [-0.2, -0.15) is 11.8 Å². The first-order chi connectivity index (χ1) is 18.2. The van der Waals surface area contributed by atoms with Gasteiger partial charge in [0.25, 0.3) is 0 Å². The number of thioether (sulfide) groups is 1. The van der Waals surface area contributed by atoms with Gasteiger partial charge in [-0.05, 0) is 57.1 Å². The molecule has 0 heterocycles. The molecule has 0 aliphatic heterocycles. The van der Waals surface area contributed by atoms with Crippen LogP contribution in [0.4, 0.5) is 4.79 Å². The number of ether oxygens (including phenoxy) is 2. The molecule has 0 saturated carbocycles. The normalized spacial score (nSPS) is 13.5. The molecule has 3 atom stereocenters. The number of hydrogen-bond acceptors (Lipinski definition) is 8. The van der Waals surface area contributed by atoms with Gasteiger partial charge >= 0.3 is 12.1 Å². The van der Waals surface area contributed by atoms with Gasteiger partial charge in [0.15, 0.2) is 0 Å². The standard InChI is InChI=1S/C27H42N4O7S/c1-17(2)14-20(24(34)29-19(23(28)33)12-13-39-6)30-25(35)21(31-26(36)38-27(3,4)5)15-22(32)37-16-18-10-8-7-9-11-18/h7-11,17,19-21H,12-16H2,1-6H3,(H2,28,33)(H,29,34)(H,30,35)(H,31,36)/t19-,20-,21-/m0/s1. The van der Waals surface area contributed by atoms with Gasteiger partial charge in [0.05, 0.1) is 6.42 Å². The summed E-state index contributed by atoms with van der Waals surface area (Å²) in [5.41, 5.74) is 5.35. The lowest BCUT2D eigenvalue weighted by Crippen LogP contribution is -2.57. The number of carbonyl (C=O) groups excluding carboxylic acids is 5. The van der Waals surface area contributed by atoms with Crippen LogP contribution >= 0.6 is 11.8 Å². The van der Waals surface area contributed by atoms with Crippen LogP contribution in [0.2, 0.25) is 0 Å². The molecular weight excluding hydrogens is 524 g/mol. The number of benzene rings is 1. The Balaban J connectivity index is 3.03. The summed E-state index contributed by atoms with van der Waals surface area (Å²) in [6.45, 7) is 8.69. The maximum atomic E-state index is 13.3. The van der Waals surface area contributed by atoms with E-state index in [4.69, 9.17) is 15.2 Å². The van der Waals surface area contributed by atoms with E-state index in [2.05, 4.69) is 16.0 Å². The first-order valence-electron chi connectivity index (χ1n) is 12.8. The number of nitrogens with one attached hydrogen (secondary N) is 3. The highest BCUT2D eigenvalue weighted by molar-refractivity contribution is 7.98. The molecule has 0 fully saturated rings. The van der Waals surface area contributed by atoms with E-state index in [-0.39, 0.29) is 18.9 Å². The Kier molecular flexibility index (Phi) is 14.4. The molecule has 0 spiro atoms. The van der Waals surface area contributed by atoms with Crippen molar-refractivity contribution in [1.82, 2.24) is 16.0 Å². The second kappa shape index (κ2) is 16.6. The largest absolute Gasteiger partial charge is 0.461 e. The monoisotopic (exact) mass is 566 g/mol. The fourth-order valence-electron chi connectivity index (χ4n) is 3.39. The number of nitrogens with two attached hydrogens (primary N) is 1. The summed E-state index contributed by atoms with van der Waals surface area (Å²) < 4.78 is 10.5. The van der Waals surface area contributed by atoms with Crippen molar-refractivity contribution in [3.63, 3.8) is 0 Å². The molecule has 1 aromatic rings. The fourth-order valence-corrected chi connectivity index (χ4v) is 3.86. The van der Waals surface area contributed by atoms with Crippen LogP contribution in [0.3, 0.4) is 0 Å². The van der Waals surface area contributed by atoms with Crippen molar-refractivity contribution in [3.05, 3.63) is 35.9 Å². The average molecular weight is 567 g/mol. The van der Waals surface area contributed by atoms with Crippen molar-refractivity contribution in [2.75, 3.05) is 12.0 Å². The molecule has 1 aromatic carbocycles. The van der Waals surface area contributed by atoms with E-state index >= 15 is 0 Å². The molecule has 0 unspecified atom stereocenters. The highest BCUT2D eigenvalue weighted by atomic mass is 32.2. The third-order valence-electron chi connectivity index (χ3n) is 5.23. The SMILES string of the molecule is CSCC[C@H](NC(=O)[C@H](CC(C)C)NC(=O)[C@H](CC(=O)OCc1ccccc1)NC(=O)OC(C)(C)C)C(N)=O. The summed E-state index contributed by atoms with van der Waals surface area (Å²) in [6, 6.07) is 5.66. The van der Waals surface area contributed by atoms with Crippen LogP contribution in [0.5, 0.6) is 0 Å². The van der Waals surface area contributed by atoms with E-state index in [0.29, 0.717) is 12.2 Å². The van der Waals surface area contributed by atoms with Crippen LogP contribution in [0.25, 0.3) is 0 Å². The molecule has 0 saturated heterocycles. The van der Waals surface area contributed by atoms with Crippen LogP contribution in [0.15, 0.2) is 30.3 Å². The van der Waals surface area contributed by atoms with Gasteiger partial charge in [0, 0.05) is 0 Å². The van der Waals surface area contributed by atoms with Crippen LogP contribution in [0.1, 0.15) is 59.4 Å². The van der Waals surface area contributed by atoms with Gasteiger partial charge < -0.3 is 31.2 Å². The van der Waals surface area contributed by atoms with Crippen molar-refractivity contribution in [2.24, 2.45) is 11.7 Å². The van der Waals surface area contributed by atoms with Crippen LogP contribution in [-0.4, -0.2) is 65.5 Å². The zero-order chi connectivity index (χ0) is 29.6. The number of alkyl carbamates (subject to hydrolysis) is 1. The van der Waals surface area contributed by atoms with Crippen molar-refractivity contribution in [3.8, 4) is 0 Å². The summed E-state index contributed by atoms with van der Waals surface area (Å²) in [6.07, 6.45) is 1.04. The van der Waals surface area contributed by atoms with Crippen LogP contribution < -0.4 is 21.7 Å². The fraction of sp³-hybridized carbons (Fsp3) is 0.593. The summed E-state index contributed by atoms with van der Waals surface area (Å²) in [7, 11) is 0. The maximum absolute atomic E-state index is 13.3. The van der Waals surface area contributed by atoms with Gasteiger partial charge in [-0.3, -0.25) is 19.2 Å². The van der Waals surface area contributed by atoms with E-state index in [9.17, 15) is 24.0 Å². The van der Waals surface area contributed by atoms with Crippen molar-refractivity contribution in [2.45, 2.75) is 84.2 Å². The minimum Gasteiger partial charge on any atom is -0.461 e. The topological polar surface area (TPSA) is 166 Å². The Labute approximate surface area is 234 Å². The average Bonchev–Trinajstić information content (AvgIpc) is 2.83. The smallest absolute Gasteiger partial charge is 0.408 e. The van der Waals surface area contributed by atoms with Crippen LogP contribution in [-0.2, 0) is 35.3 Å². The third-order valence-corrected chi connectivity index (χ3v) is 5.88. The van der Waals surface area contributed by atoms with E-state index in [0.717, 1.165) is 5.56 Å². The van der Waals surface area contributed by atoms with Gasteiger partial charge in [-0.25, -0.2) is 4.79 Å². The molecule has 0 aliphatic carbocycles. The number of rotatable bonds is 15. The van der Waals surface area contributed by atoms with E-state index < -0.39 is 59.9 Å². The lowest BCUT2D eigenvalue weighted by Gasteiger charge is -2.26. The third kappa shape index (κ3) is 14.4. The molecule has 4 amide bonds. The molecule has 0 bridgehead atoms. The summed E-state index contributed by atoms with van der Waals surface area (Å²) in [5, 5.41) is 7.62. The molecule has 39 heavy (non-hydrogen) atoms. The quantitative estimate of drug-likeness (QED) is 0.235. The predicted octanol–water partition coefficient (Wildman–Crippen LogP) is 2.27.